The first-order chi connectivity index (χ1) is 16.0. The Morgan fingerprint density at radius 2 is 2.00 bits per heavy atom. The molecule has 5 rings (SSSR count). The molecule has 1 saturated carbocycles. The van der Waals surface area contributed by atoms with Crippen LogP contribution in [0.1, 0.15) is 50.7 Å². The minimum atomic E-state index is -0.563. The van der Waals surface area contributed by atoms with Crippen LogP contribution in [0.25, 0.3) is 11.0 Å². The molecule has 2 aliphatic rings. The van der Waals surface area contributed by atoms with Gasteiger partial charge in [0.15, 0.2) is 11.6 Å². The fraction of sp³-hybridized carbons (Fsp3) is 0.500. The van der Waals surface area contributed by atoms with E-state index in [4.69, 9.17) is 19.2 Å². The second-order valence-corrected chi connectivity index (χ2v) is 10.3. The smallest absolute Gasteiger partial charge is 0.184 e. The molecule has 174 valence electrons. The highest BCUT2D eigenvalue weighted by Crippen LogP contribution is 2.51. The van der Waals surface area contributed by atoms with Crippen LogP contribution in [0.2, 0.25) is 0 Å². The van der Waals surface area contributed by atoms with Crippen LogP contribution in [-0.2, 0) is 27.5 Å². The lowest BCUT2D eigenvalue weighted by Crippen LogP contribution is -2.24. The largest absolute Gasteiger partial charge is 0.356 e. The first-order valence-electron chi connectivity index (χ1n) is 11.4. The lowest BCUT2D eigenvalue weighted by Gasteiger charge is -2.23. The maximum absolute atomic E-state index is 6.41. The Balaban J connectivity index is 1.51. The molecule has 3 heterocycles. The van der Waals surface area contributed by atoms with Crippen LogP contribution < -0.4 is 0 Å². The summed E-state index contributed by atoms with van der Waals surface area (Å²) in [6.07, 6.45) is 5.98. The average molecular weight is 484 g/mol. The standard InChI is InChI=1S/C24H30N4O3P2/c1-4-16-10-17(22-21(16)30-24(2,3)31-22)18-11-28(14-29-12-15-8-6-5-7-9-15)20-19(18)25-13-26-23(20)27-33-32/h5-9,11,13,16-17,21-22H,4,10,12,14,32H2,1-3H3/t16-,17-,21+,22-/m0/s1. The molecule has 0 amide bonds. The quantitative estimate of drug-likeness (QED) is 0.374. The van der Waals surface area contributed by atoms with E-state index in [1.807, 2.05) is 32.0 Å². The number of rotatable bonds is 7. The molecule has 0 radical (unpaired) electrons. The molecule has 7 nitrogen and oxygen atoms in total. The highest BCUT2D eigenvalue weighted by atomic mass is 32.0. The van der Waals surface area contributed by atoms with Crippen molar-refractivity contribution in [2.45, 2.75) is 70.9 Å². The lowest BCUT2D eigenvalue weighted by molar-refractivity contribution is -0.158. The third-order valence-electron chi connectivity index (χ3n) is 6.66. The topological polar surface area (TPSA) is 70.8 Å². The van der Waals surface area contributed by atoms with Crippen LogP contribution in [0.4, 0.5) is 5.82 Å². The van der Waals surface area contributed by atoms with Gasteiger partial charge < -0.3 is 18.8 Å². The van der Waals surface area contributed by atoms with Gasteiger partial charge in [0, 0.05) is 25.7 Å². The van der Waals surface area contributed by atoms with Crippen molar-refractivity contribution in [3.8, 4) is 0 Å². The summed E-state index contributed by atoms with van der Waals surface area (Å²) in [5.74, 6) is 0.783. The third kappa shape index (κ3) is 4.50. The van der Waals surface area contributed by atoms with E-state index >= 15 is 0 Å². The summed E-state index contributed by atoms with van der Waals surface area (Å²) in [4.78, 5) is 9.16. The number of hydrogen-bond acceptors (Lipinski definition) is 6. The fourth-order valence-corrected chi connectivity index (χ4v) is 5.85. The SMILES string of the molecule is CC[C@H]1C[C@@H](c2cn(COCc3ccccc3)c3c(N=PP)ncnc23)[C@@H]2OC(C)(C)O[C@H]12. The molecular weight excluding hydrogens is 454 g/mol. The Hall–Kier alpha value is -1.75. The molecule has 9 heteroatoms. The second-order valence-electron chi connectivity index (χ2n) is 9.20. The van der Waals surface area contributed by atoms with Crippen LogP contribution in [0.15, 0.2) is 47.6 Å². The lowest BCUT2D eigenvalue weighted by atomic mass is 9.95. The summed E-state index contributed by atoms with van der Waals surface area (Å²) in [7, 11) is 3.44. The average Bonchev–Trinajstić information content (AvgIpc) is 3.43. The molecule has 5 atom stereocenters. The molecule has 2 aromatic heterocycles. The van der Waals surface area contributed by atoms with E-state index in [9.17, 15) is 0 Å². The van der Waals surface area contributed by atoms with Gasteiger partial charge in [-0.15, -0.1) is 0 Å². The van der Waals surface area contributed by atoms with Crippen molar-refractivity contribution < 1.29 is 14.2 Å². The summed E-state index contributed by atoms with van der Waals surface area (Å²) in [6.45, 7) is 7.18. The Morgan fingerprint density at radius 1 is 1.21 bits per heavy atom. The van der Waals surface area contributed by atoms with Gasteiger partial charge in [-0.1, -0.05) is 52.6 Å². The monoisotopic (exact) mass is 484 g/mol. The van der Waals surface area contributed by atoms with Gasteiger partial charge in [0.05, 0.1) is 24.3 Å². The summed E-state index contributed by atoms with van der Waals surface area (Å²) < 4.78 is 25.5. The van der Waals surface area contributed by atoms with Gasteiger partial charge in [-0.05, 0) is 31.7 Å². The van der Waals surface area contributed by atoms with Crippen molar-refractivity contribution >= 4 is 33.8 Å². The maximum atomic E-state index is 6.41. The Bertz CT molecular complexity index is 1150. The minimum Gasteiger partial charge on any atom is -0.356 e. The normalized spacial score (nSPS) is 26.4. The maximum Gasteiger partial charge on any atom is 0.184 e. The van der Waals surface area contributed by atoms with Crippen LogP contribution >= 0.6 is 17.0 Å². The van der Waals surface area contributed by atoms with E-state index in [1.165, 1.54) is 5.56 Å². The highest BCUT2D eigenvalue weighted by molar-refractivity contribution is 7.97. The summed E-state index contributed by atoms with van der Waals surface area (Å²) in [6, 6.07) is 10.2. The van der Waals surface area contributed by atoms with Gasteiger partial charge in [-0.2, -0.15) is 0 Å². The van der Waals surface area contributed by atoms with E-state index in [-0.39, 0.29) is 18.1 Å². The predicted octanol–water partition coefficient (Wildman–Crippen LogP) is 6.19. The van der Waals surface area contributed by atoms with Gasteiger partial charge in [0.25, 0.3) is 0 Å². The van der Waals surface area contributed by atoms with Crippen molar-refractivity contribution in [1.82, 2.24) is 14.5 Å². The zero-order valence-electron chi connectivity index (χ0n) is 19.2. The third-order valence-corrected chi connectivity index (χ3v) is 7.31. The molecule has 1 aromatic carbocycles. The molecule has 2 fully saturated rings. The number of nitrogens with zero attached hydrogens (tertiary/aromatic N) is 4. The number of benzene rings is 1. The van der Waals surface area contributed by atoms with Gasteiger partial charge in [-0.25, -0.2) is 14.7 Å². The predicted molar refractivity (Wildman–Crippen MR) is 132 cm³/mol. The van der Waals surface area contributed by atoms with Crippen LogP contribution in [0.5, 0.6) is 0 Å². The van der Waals surface area contributed by atoms with Gasteiger partial charge in [0.2, 0.25) is 0 Å². The molecule has 1 saturated heterocycles. The first-order valence-corrected chi connectivity index (χ1v) is 13.9. The molecule has 1 unspecified atom stereocenters. The zero-order chi connectivity index (χ0) is 23.0. The van der Waals surface area contributed by atoms with Crippen LogP contribution in [0, 0.1) is 5.92 Å². The molecule has 33 heavy (non-hydrogen) atoms. The van der Waals surface area contributed by atoms with Gasteiger partial charge >= 0.3 is 0 Å². The van der Waals surface area contributed by atoms with Crippen molar-refractivity contribution in [3.05, 3.63) is 54.0 Å². The number of fused-ring (bicyclic) bond motifs is 2. The first kappa shape index (κ1) is 23.0. The Morgan fingerprint density at radius 3 is 2.76 bits per heavy atom. The van der Waals surface area contributed by atoms with Crippen LogP contribution in [-0.4, -0.2) is 32.5 Å². The molecular formula is C24H30N4O3P2. The van der Waals surface area contributed by atoms with E-state index in [0.29, 0.717) is 25.1 Å². The fourth-order valence-electron chi connectivity index (χ4n) is 5.27. The summed E-state index contributed by atoms with van der Waals surface area (Å²) >= 11 is 0. The van der Waals surface area contributed by atoms with Gasteiger partial charge in [-0.3, -0.25) is 0 Å². The van der Waals surface area contributed by atoms with Crippen molar-refractivity contribution in [2.24, 2.45) is 10.7 Å². The Kier molecular flexibility index (Phi) is 6.61. The highest BCUT2D eigenvalue weighted by Gasteiger charge is 2.54. The minimum absolute atomic E-state index is 0.0180. The molecule has 0 spiro atoms. The zero-order valence-corrected chi connectivity index (χ0v) is 21.3. The van der Waals surface area contributed by atoms with E-state index in [0.717, 1.165) is 37.5 Å². The van der Waals surface area contributed by atoms with Crippen LogP contribution in [0.3, 0.4) is 0 Å². The summed E-state index contributed by atoms with van der Waals surface area (Å²) in [5.41, 5.74) is 4.14. The van der Waals surface area contributed by atoms with Crippen molar-refractivity contribution in [1.29, 1.82) is 0 Å². The van der Waals surface area contributed by atoms with Crippen molar-refractivity contribution in [3.63, 3.8) is 0 Å². The number of ether oxygens (including phenoxy) is 3. The molecule has 3 aromatic rings. The molecule has 1 aliphatic carbocycles. The van der Waals surface area contributed by atoms with E-state index in [2.05, 4.69) is 48.5 Å². The summed E-state index contributed by atoms with van der Waals surface area (Å²) in [5, 5.41) is 0. The second kappa shape index (κ2) is 9.48. The van der Waals surface area contributed by atoms with Gasteiger partial charge in [0.1, 0.15) is 18.6 Å². The van der Waals surface area contributed by atoms with E-state index in [1.54, 1.807) is 6.33 Å². The van der Waals surface area contributed by atoms with E-state index < -0.39 is 5.79 Å². The number of aromatic nitrogens is 3. The Labute approximate surface area is 198 Å². The number of hydrogen-bond donors (Lipinski definition) is 0. The molecule has 1 aliphatic heterocycles. The van der Waals surface area contributed by atoms with Crippen molar-refractivity contribution in [2.75, 3.05) is 0 Å². The molecule has 0 N–H and O–H groups in total. The molecule has 0 bridgehead atoms.